The summed E-state index contributed by atoms with van der Waals surface area (Å²) in [6.45, 7) is 17.2. The lowest BCUT2D eigenvalue weighted by molar-refractivity contribution is 0.0946. The smallest absolute Gasteiger partial charge is 0.423 e. The van der Waals surface area contributed by atoms with Gasteiger partial charge in [0.05, 0.1) is 28.1 Å². The fraction of sp³-hybridized carbons (Fsp3) is 0.300. The van der Waals surface area contributed by atoms with Crippen LogP contribution in [0, 0.1) is 13.8 Å². The first-order valence-corrected chi connectivity index (χ1v) is 21.1. The van der Waals surface area contributed by atoms with Crippen molar-refractivity contribution in [2.24, 2.45) is 0 Å². The molecule has 304 valence electrons. The Balaban J connectivity index is 0.000000212. The minimum Gasteiger partial charge on any atom is -0.423 e. The van der Waals surface area contributed by atoms with Gasteiger partial charge in [-0.1, -0.05) is 76.9 Å². The third kappa shape index (κ3) is 14.0. The normalized spacial score (nSPS) is 11.1. The van der Waals surface area contributed by atoms with Gasteiger partial charge in [0.2, 0.25) is 0 Å². The number of rotatable bonds is 8. The molecule has 6 rings (SSSR count). The van der Waals surface area contributed by atoms with E-state index >= 15 is 0 Å². The van der Waals surface area contributed by atoms with Gasteiger partial charge in [-0.3, -0.25) is 14.6 Å². The molecule has 0 radical (unpaired) electrons. The van der Waals surface area contributed by atoms with E-state index in [0.29, 0.717) is 33.5 Å². The van der Waals surface area contributed by atoms with Crippen LogP contribution >= 0.6 is 61.8 Å². The van der Waals surface area contributed by atoms with Crippen LogP contribution in [-0.4, -0.2) is 58.9 Å². The Bertz CT molecular complexity index is 2350. The van der Waals surface area contributed by atoms with E-state index in [1.165, 1.54) is 41.0 Å². The van der Waals surface area contributed by atoms with Gasteiger partial charge in [0.1, 0.15) is 24.7 Å². The molecule has 4 N–H and O–H groups in total. The van der Waals surface area contributed by atoms with Crippen molar-refractivity contribution >= 4 is 86.2 Å². The van der Waals surface area contributed by atoms with Gasteiger partial charge in [-0.15, -0.1) is 22.7 Å². The molecular formula is C40H44BBrCl2N8O4S2. The minimum absolute atomic E-state index is 0.0323. The Morgan fingerprint density at radius 3 is 1.60 bits per heavy atom. The van der Waals surface area contributed by atoms with E-state index in [4.69, 9.17) is 33.2 Å². The highest BCUT2D eigenvalue weighted by atomic mass is 79.9. The van der Waals surface area contributed by atoms with E-state index in [9.17, 15) is 9.59 Å². The number of nitrogens with one attached hydrogen (secondary N) is 2. The first-order chi connectivity index (χ1) is 27.2. The number of amides is 2. The van der Waals surface area contributed by atoms with Crippen LogP contribution in [0.2, 0.25) is 10.3 Å². The molecule has 0 aliphatic heterocycles. The van der Waals surface area contributed by atoms with Crippen LogP contribution in [0.25, 0.3) is 11.3 Å². The number of aromatic nitrogens is 6. The lowest BCUT2D eigenvalue weighted by Gasteiger charge is -2.13. The molecule has 0 spiro atoms. The van der Waals surface area contributed by atoms with Crippen LogP contribution in [0.1, 0.15) is 93.4 Å². The van der Waals surface area contributed by atoms with Crippen LogP contribution in [0.3, 0.4) is 0 Å². The molecule has 12 nitrogen and oxygen atoms in total. The molecule has 6 heterocycles. The van der Waals surface area contributed by atoms with Crippen molar-refractivity contribution in [1.29, 1.82) is 0 Å². The van der Waals surface area contributed by atoms with Crippen molar-refractivity contribution < 1.29 is 19.6 Å². The van der Waals surface area contributed by atoms with Crippen molar-refractivity contribution in [2.75, 3.05) is 0 Å². The standard InChI is InChI=1S/C20H21ClN4OS.C15H18BrN3OS.C5H5BClNO2/c1-12-14(5-6-15(25-12)13-7-8-22-17(21)9-13)10-23-18(26)16-11-24-19(27-16)20(2,3)4;1-9-10(5-6-12(16)19-9)7-17-13(20)11-8-18-14(21-11)15(2,3)4;7-5-3-4(6(9)10)1-2-8-5/h5-9,11H,10H2,1-4H3,(H,23,26);5-6,8H,7H2,1-4H3,(H,17,20);1-3,9-10H. The largest absolute Gasteiger partial charge is 0.488 e. The van der Waals surface area contributed by atoms with Crippen molar-refractivity contribution in [1.82, 2.24) is 40.5 Å². The molecule has 2 amide bonds. The number of aryl methyl sites for hydroxylation is 2. The topological polar surface area (TPSA) is 176 Å². The maximum Gasteiger partial charge on any atom is 0.488 e. The predicted molar refractivity (Wildman–Crippen MR) is 237 cm³/mol. The molecule has 18 heteroatoms. The minimum atomic E-state index is -1.47. The fourth-order valence-electron chi connectivity index (χ4n) is 4.80. The van der Waals surface area contributed by atoms with Gasteiger partial charge in [-0.2, -0.15) is 0 Å². The summed E-state index contributed by atoms with van der Waals surface area (Å²) in [5, 5.41) is 25.7. The van der Waals surface area contributed by atoms with Gasteiger partial charge in [0, 0.05) is 53.3 Å². The lowest BCUT2D eigenvalue weighted by Crippen LogP contribution is -2.29. The van der Waals surface area contributed by atoms with E-state index in [-0.39, 0.29) is 27.8 Å². The number of thiazole rings is 2. The second kappa shape index (κ2) is 20.7. The molecule has 0 saturated heterocycles. The summed E-state index contributed by atoms with van der Waals surface area (Å²) in [7, 11) is -1.47. The molecule has 0 aromatic carbocycles. The molecule has 0 bridgehead atoms. The lowest BCUT2D eigenvalue weighted by atomic mass is 9.81. The Kier molecular flexibility index (Phi) is 16.6. The number of carbonyl (C=O) groups is 2. The molecule has 0 aliphatic rings. The van der Waals surface area contributed by atoms with Crippen LogP contribution in [0.5, 0.6) is 0 Å². The van der Waals surface area contributed by atoms with Crippen molar-refractivity contribution in [3.8, 4) is 11.3 Å². The number of hydrogen-bond acceptors (Lipinski definition) is 12. The Hall–Kier alpha value is -4.16. The number of pyridine rings is 4. The van der Waals surface area contributed by atoms with Gasteiger partial charge in [0.15, 0.2) is 0 Å². The van der Waals surface area contributed by atoms with Crippen molar-refractivity contribution in [3.05, 3.63) is 131 Å². The van der Waals surface area contributed by atoms with Gasteiger partial charge < -0.3 is 20.7 Å². The number of hydrogen-bond donors (Lipinski definition) is 4. The maximum absolute atomic E-state index is 12.4. The highest BCUT2D eigenvalue weighted by molar-refractivity contribution is 9.10. The second-order valence-electron chi connectivity index (χ2n) is 14.9. The molecule has 6 aromatic rings. The zero-order valence-corrected chi connectivity index (χ0v) is 38.0. The third-order valence-electron chi connectivity index (χ3n) is 8.05. The average Bonchev–Trinajstić information content (AvgIpc) is 3.87. The average molecular weight is 927 g/mol. The van der Waals surface area contributed by atoms with E-state index in [1.54, 1.807) is 24.7 Å². The molecule has 0 saturated carbocycles. The van der Waals surface area contributed by atoms with Gasteiger partial charge >= 0.3 is 7.12 Å². The summed E-state index contributed by atoms with van der Waals surface area (Å²) >= 11 is 17.6. The number of halogens is 3. The summed E-state index contributed by atoms with van der Waals surface area (Å²) in [5.74, 6) is -0.210. The highest BCUT2D eigenvalue weighted by Crippen LogP contribution is 2.28. The quantitative estimate of drug-likeness (QED) is 0.0864. The zero-order valence-electron chi connectivity index (χ0n) is 33.3. The molecule has 0 aliphatic carbocycles. The monoisotopic (exact) mass is 924 g/mol. The first-order valence-electron chi connectivity index (χ1n) is 17.9. The van der Waals surface area contributed by atoms with Crippen LogP contribution in [-0.2, 0) is 23.9 Å². The van der Waals surface area contributed by atoms with Crippen LogP contribution in [0.4, 0.5) is 0 Å². The third-order valence-corrected chi connectivity index (χ3v) is 11.7. The first kappa shape index (κ1) is 46.5. The molecule has 0 unspecified atom stereocenters. The van der Waals surface area contributed by atoms with Crippen molar-refractivity contribution in [2.45, 2.75) is 79.3 Å². The highest BCUT2D eigenvalue weighted by Gasteiger charge is 2.22. The van der Waals surface area contributed by atoms with E-state index in [0.717, 1.165) is 48.4 Å². The molecule has 0 atom stereocenters. The summed E-state index contributed by atoms with van der Waals surface area (Å²) < 4.78 is 0.798. The number of carbonyl (C=O) groups excluding carboxylic acids is 2. The summed E-state index contributed by atoms with van der Waals surface area (Å²) in [4.78, 5) is 51.1. The number of nitrogens with zero attached hydrogens (tertiary/aromatic N) is 6. The van der Waals surface area contributed by atoms with Crippen LogP contribution < -0.4 is 16.1 Å². The summed E-state index contributed by atoms with van der Waals surface area (Å²) in [5.41, 5.74) is 5.73. The van der Waals surface area contributed by atoms with Gasteiger partial charge in [-0.25, -0.2) is 24.9 Å². The predicted octanol–water partition coefficient (Wildman–Crippen LogP) is 8.04. The van der Waals surface area contributed by atoms with E-state index < -0.39 is 7.12 Å². The SMILES string of the molecule is Cc1nc(-c2ccnc(Cl)c2)ccc1CNC(=O)c1cnc(C(C)(C)C)s1.Cc1nc(Br)ccc1CNC(=O)c1cnc(C(C)(C)C)s1.OB(O)c1ccnc(Cl)c1. The van der Waals surface area contributed by atoms with E-state index in [1.807, 2.05) is 44.2 Å². The molecule has 58 heavy (non-hydrogen) atoms. The Morgan fingerprint density at radius 2 is 1.19 bits per heavy atom. The zero-order chi connectivity index (χ0) is 42.8. The Labute approximate surface area is 365 Å². The van der Waals surface area contributed by atoms with Crippen LogP contribution in [0.15, 0.2) is 77.9 Å². The van der Waals surface area contributed by atoms with E-state index in [2.05, 4.69) is 98.0 Å². The maximum atomic E-state index is 12.4. The fourth-order valence-corrected chi connectivity index (χ4v) is 7.34. The Morgan fingerprint density at radius 1 is 0.707 bits per heavy atom. The van der Waals surface area contributed by atoms with Crippen molar-refractivity contribution in [3.63, 3.8) is 0 Å². The molecule has 6 aromatic heterocycles. The molecular weight excluding hydrogens is 882 g/mol. The summed E-state index contributed by atoms with van der Waals surface area (Å²) in [6, 6.07) is 14.2. The summed E-state index contributed by atoms with van der Waals surface area (Å²) in [6.07, 6.45) is 6.36. The molecule has 0 fully saturated rings. The second-order valence-corrected chi connectivity index (χ2v) is 18.5. The van der Waals surface area contributed by atoms with Gasteiger partial charge in [0.25, 0.3) is 11.8 Å². The van der Waals surface area contributed by atoms with Gasteiger partial charge in [-0.05, 0) is 82.8 Å².